The lowest BCUT2D eigenvalue weighted by Crippen LogP contribution is -2.06. The number of benzene rings is 5. The van der Waals surface area contributed by atoms with E-state index in [0.29, 0.717) is 17.5 Å². The van der Waals surface area contributed by atoms with Gasteiger partial charge in [-0.2, -0.15) is 0 Å². The Morgan fingerprint density at radius 2 is 1.10 bits per heavy atom. The van der Waals surface area contributed by atoms with Crippen molar-refractivity contribution in [3.63, 3.8) is 0 Å². The second-order valence-corrected chi connectivity index (χ2v) is 10.3. The molecule has 8 rings (SSSR count). The van der Waals surface area contributed by atoms with E-state index in [2.05, 4.69) is 117 Å². The number of nitrogens with zero attached hydrogens (tertiary/aromatic N) is 4. The first-order valence-electron chi connectivity index (χ1n) is 13.4. The molecule has 40 heavy (non-hydrogen) atoms. The molecule has 0 atom stereocenters. The lowest BCUT2D eigenvalue weighted by molar-refractivity contribution is 0.476. The van der Waals surface area contributed by atoms with Crippen LogP contribution in [0.3, 0.4) is 0 Å². The van der Waals surface area contributed by atoms with Crippen molar-refractivity contribution in [3.05, 3.63) is 109 Å². The third-order valence-corrected chi connectivity index (χ3v) is 7.59. The fraction of sp³-hybridized carbons (Fsp3) is 0. The van der Waals surface area contributed by atoms with Gasteiger partial charge in [0.05, 0.1) is 16.7 Å². The minimum atomic E-state index is 0.605. The first-order valence-corrected chi connectivity index (χ1v) is 13.4. The summed E-state index contributed by atoms with van der Waals surface area (Å²) in [6.07, 6.45) is 0. The Hall–Kier alpha value is -5.16. The molecule has 186 valence electrons. The molecule has 3 heterocycles. The first-order chi connectivity index (χ1) is 19.6. The monoisotopic (exact) mass is 512 g/mol. The van der Waals surface area contributed by atoms with Crippen molar-refractivity contribution >= 4 is 48.4 Å². The maximum atomic E-state index is 6.51. The Balaban J connectivity index is 1.32. The van der Waals surface area contributed by atoms with E-state index >= 15 is 0 Å². The predicted octanol–water partition coefficient (Wildman–Crippen LogP) is 4.59. The SMILES string of the molecule is Bc1ccc(-c2nc(-c3ccc(B)cc3)nc(-c3ccc4c(c3)Oc3cccc5c6ccccc6n-4c35)n2)cc1. The summed E-state index contributed by atoms with van der Waals surface area (Å²) in [4.78, 5) is 14.7. The zero-order valence-electron chi connectivity index (χ0n) is 22.1. The smallest absolute Gasteiger partial charge is 0.164 e. The minimum absolute atomic E-state index is 0.605. The molecule has 7 heteroatoms. The van der Waals surface area contributed by atoms with Crippen molar-refractivity contribution in [2.24, 2.45) is 0 Å². The molecule has 0 saturated heterocycles. The number of para-hydroxylation sites is 2. The van der Waals surface area contributed by atoms with Crippen molar-refractivity contribution in [2.45, 2.75) is 0 Å². The molecule has 2 aromatic heterocycles. The van der Waals surface area contributed by atoms with E-state index in [-0.39, 0.29) is 0 Å². The summed E-state index contributed by atoms with van der Waals surface area (Å²) in [5.41, 5.74) is 8.40. The molecule has 0 bridgehead atoms. The van der Waals surface area contributed by atoms with Gasteiger partial charge in [-0.05, 0) is 30.3 Å². The first kappa shape index (κ1) is 22.8. The van der Waals surface area contributed by atoms with Crippen molar-refractivity contribution < 1.29 is 4.74 Å². The van der Waals surface area contributed by atoms with E-state index in [1.54, 1.807) is 0 Å². The number of fused-ring (bicyclic) bond motifs is 5. The van der Waals surface area contributed by atoms with E-state index in [0.717, 1.165) is 44.9 Å². The molecule has 0 aliphatic carbocycles. The summed E-state index contributed by atoms with van der Waals surface area (Å²) >= 11 is 0. The Morgan fingerprint density at radius 1 is 0.525 bits per heavy atom. The standard InChI is InChI=1S/C33H22B2N4O/c34-22-13-8-19(9-14-22)31-36-32(20-10-15-23(35)16-11-20)38-33(37-31)21-12-17-27-29(18-21)40-28-7-3-5-25-24-4-1-2-6-26(24)39(27)30(25)28/h1-18H,34-35H2. The summed E-state index contributed by atoms with van der Waals surface area (Å²) in [5, 5.41) is 2.40. The molecule has 0 spiro atoms. The molecule has 7 aromatic rings. The van der Waals surface area contributed by atoms with E-state index in [9.17, 15) is 0 Å². The molecule has 0 amide bonds. The van der Waals surface area contributed by atoms with Gasteiger partial charge in [-0.15, -0.1) is 0 Å². The van der Waals surface area contributed by atoms with Gasteiger partial charge in [-0.1, -0.05) is 89.8 Å². The maximum Gasteiger partial charge on any atom is 0.164 e. The third kappa shape index (κ3) is 3.55. The van der Waals surface area contributed by atoms with Gasteiger partial charge in [0.2, 0.25) is 0 Å². The predicted molar refractivity (Wildman–Crippen MR) is 167 cm³/mol. The highest BCUT2D eigenvalue weighted by atomic mass is 16.5. The second-order valence-electron chi connectivity index (χ2n) is 10.3. The average molecular weight is 512 g/mol. The number of ether oxygens (including phenoxy) is 1. The van der Waals surface area contributed by atoms with Gasteiger partial charge >= 0.3 is 0 Å². The topological polar surface area (TPSA) is 52.8 Å². The van der Waals surface area contributed by atoms with E-state index < -0.39 is 0 Å². The summed E-state index contributed by atoms with van der Waals surface area (Å²) in [5.74, 6) is 3.50. The van der Waals surface area contributed by atoms with Crippen molar-refractivity contribution in [1.29, 1.82) is 0 Å². The number of rotatable bonds is 3. The highest BCUT2D eigenvalue weighted by Gasteiger charge is 2.24. The molecule has 0 N–H and O–H groups in total. The zero-order chi connectivity index (χ0) is 26.8. The highest BCUT2D eigenvalue weighted by Crippen LogP contribution is 2.46. The fourth-order valence-electron chi connectivity index (χ4n) is 5.53. The van der Waals surface area contributed by atoms with Crippen LogP contribution in [0.15, 0.2) is 109 Å². The Labute approximate surface area is 233 Å². The Morgan fingerprint density at radius 3 is 1.77 bits per heavy atom. The highest BCUT2D eigenvalue weighted by molar-refractivity contribution is 6.32. The molecular formula is C33H22B2N4O. The van der Waals surface area contributed by atoms with Gasteiger partial charge in [0.25, 0.3) is 0 Å². The van der Waals surface area contributed by atoms with E-state index in [1.807, 2.05) is 12.1 Å². The Bertz CT molecular complexity index is 2040. The molecular weight excluding hydrogens is 490 g/mol. The van der Waals surface area contributed by atoms with Crippen LogP contribution in [0.4, 0.5) is 0 Å². The summed E-state index contributed by atoms with van der Waals surface area (Å²) in [7, 11) is 4.15. The molecule has 0 saturated carbocycles. The average Bonchev–Trinajstić information content (AvgIpc) is 3.33. The molecule has 0 radical (unpaired) electrons. The van der Waals surface area contributed by atoms with Crippen LogP contribution in [0, 0.1) is 0 Å². The van der Waals surface area contributed by atoms with Crippen LogP contribution in [-0.4, -0.2) is 35.2 Å². The molecule has 1 aliphatic heterocycles. The van der Waals surface area contributed by atoms with Gasteiger partial charge in [-0.3, -0.25) is 0 Å². The second kappa shape index (κ2) is 8.68. The van der Waals surface area contributed by atoms with Gasteiger partial charge in [0, 0.05) is 27.5 Å². The van der Waals surface area contributed by atoms with E-state index in [4.69, 9.17) is 19.7 Å². The van der Waals surface area contributed by atoms with Gasteiger partial charge < -0.3 is 9.30 Å². The fourth-order valence-corrected chi connectivity index (χ4v) is 5.53. The van der Waals surface area contributed by atoms with Crippen molar-refractivity contribution in [3.8, 4) is 51.3 Å². The van der Waals surface area contributed by atoms with Crippen LogP contribution in [-0.2, 0) is 0 Å². The normalized spacial score (nSPS) is 11.9. The van der Waals surface area contributed by atoms with Crippen molar-refractivity contribution in [1.82, 2.24) is 19.5 Å². The van der Waals surface area contributed by atoms with Gasteiger partial charge in [0.15, 0.2) is 29.0 Å². The minimum Gasteiger partial charge on any atom is -0.453 e. The molecule has 5 nitrogen and oxygen atoms in total. The van der Waals surface area contributed by atoms with Crippen LogP contribution in [0.1, 0.15) is 0 Å². The summed E-state index contributed by atoms with van der Waals surface area (Å²) < 4.78 is 8.80. The van der Waals surface area contributed by atoms with Crippen LogP contribution >= 0.6 is 0 Å². The van der Waals surface area contributed by atoms with Crippen LogP contribution < -0.4 is 15.7 Å². The van der Waals surface area contributed by atoms with Crippen LogP contribution in [0.2, 0.25) is 0 Å². The maximum absolute atomic E-state index is 6.51. The molecule has 0 fully saturated rings. The van der Waals surface area contributed by atoms with Gasteiger partial charge in [-0.25, -0.2) is 15.0 Å². The molecule has 0 unspecified atom stereocenters. The molecule has 5 aromatic carbocycles. The lowest BCUT2D eigenvalue weighted by atomic mass is 9.95. The largest absolute Gasteiger partial charge is 0.453 e. The van der Waals surface area contributed by atoms with Gasteiger partial charge in [0.1, 0.15) is 15.7 Å². The van der Waals surface area contributed by atoms with Crippen molar-refractivity contribution in [2.75, 3.05) is 0 Å². The number of hydrogen-bond donors (Lipinski definition) is 0. The van der Waals surface area contributed by atoms with Crippen LogP contribution in [0.5, 0.6) is 11.5 Å². The Kier molecular flexibility index (Phi) is 4.95. The number of aromatic nitrogens is 4. The summed E-state index contributed by atoms with van der Waals surface area (Å²) in [6, 6.07) is 37.5. The van der Waals surface area contributed by atoms with Crippen LogP contribution in [0.25, 0.3) is 61.7 Å². The quantitative estimate of drug-likeness (QED) is 0.325. The third-order valence-electron chi connectivity index (χ3n) is 7.59. The van der Waals surface area contributed by atoms with E-state index in [1.165, 1.54) is 21.7 Å². The zero-order valence-corrected chi connectivity index (χ0v) is 22.1. The number of hydrogen-bond acceptors (Lipinski definition) is 4. The summed E-state index contributed by atoms with van der Waals surface area (Å²) in [6.45, 7) is 0. The lowest BCUT2D eigenvalue weighted by Gasteiger charge is -2.21. The molecule has 1 aliphatic rings.